The van der Waals surface area contributed by atoms with Crippen molar-refractivity contribution in [2.45, 2.75) is 32.3 Å². The molecule has 0 radical (unpaired) electrons. The molecule has 1 atom stereocenters. The van der Waals surface area contributed by atoms with Crippen LogP contribution in [0.4, 0.5) is 0 Å². The highest BCUT2D eigenvalue weighted by molar-refractivity contribution is 5.30. The Labute approximate surface area is 91.2 Å². The highest BCUT2D eigenvalue weighted by atomic mass is 16.5. The molecule has 1 aliphatic heterocycles. The first kappa shape index (κ1) is 10.5. The highest BCUT2D eigenvalue weighted by Crippen LogP contribution is 2.22. The first-order valence-electron chi connectivity index (χ1n) is 5.60. The van der Waals surface area contributed by atoms with Gasteiger partial charge in [0.2, 0.25) is 0 Å². The van der Waals surface area contributed by atoms with Crippen molar-refractivity contribution in [2.24, 2.45) is 0 Å². The summed E-state index contributed by atoms with van der Waals surface area (Å²) in [6.45, 7) is 5.94. The molecular formula is C13H18O2. The van der Waals surface area contributed by atoms with Crippen LogP contribution in [0, 0.1) is 0 Å². The molecule has 0 N–H and O–H groups in total. The van der Waals surface area contributed by atoms with Crippen LogP contribution in [0.5, 0.6) is 5.75 Å². The monoisotopic (exact) mass is 206 g/mol. The Bertz CT molecular complexity index is 314. The van der Waals surface area contributed by atoms with E-state index in [1.807, 2.05) is 6.07 Å². The molecule has 1 aromatic rings. The predicted octanol–water partition coefficient (Wildman–Crippen LogP) is 2.98. The van der Waals surface area contributed by atoms with Crippen molar-refractivity contribution in [3.63, 3.8) is 0 Å². The maximum absolute atomic E-state index is 5.84. The van der Waals surface area contributed by atoms with Crippen LogP contribution in [-0.4, -0.2) is 19.3 Å². The zero-order chi connectivity index (χ0) is 10.7. The average Bonchev–Trinajstić information content (AvgIpc) is 2.71. The Balaban J connectivity index is 2.04. The lowest BCUT2D eigenvalue weighted by molar-refractivity contribution is 0.141. The number of hydrogen-bond donors (Lipinski definition) is 0. The minimum absolute atomic E-state index is 0.243. The van der Waals surface area contributed by atoms with Crippen molar-refractivity contribution >= 4 is 0 Å². The lowest BCUT2D eigenvalue weighted by Gasteiger charge is -2.13. The van der Waals surface area contributed by atoms with Crippen molar-refractivity contribution in [3.8, 4) is 5.75 Å². The zero-order valence-electron chi connectivity index (χ0n) is 9.40. The van der Waals surface area contributed by atoms with Gasteiger partial charge in [-0.3, -0.25) is 0 Å². The van der Waals surface area contributed by atoms with Gasteiger partial charge < -0.3 is 9.47 Å². The Morgan fingerprint density at radius 3 is 2.93 bits per heavy atom. The second kappa shape index (κ2) is 4.67. The van der Waals surface area contributed by atoms with Crippen LogP contribution in [0.2, 0.25) is 0 Å². The normalized spacial score (nSPS) is 20.9. The van der Waals surface area contributed by atoms with E-state index in [-0.39, 0.29) is 6.10 Å². The number of ether oxygens (including phenoxy) is 2. The summed E-state index contributed by atoms with van der Waals surface area (Å²) >= 11 is 0. The molecule has 1 fully saturated rings. The van der Waals surface area contributed by atoms with Crippen LogP contribution in [-0.2, 0) is 4.74 Å². The van der Waals surface area contributed by atoms with Gasteiger partial charge in [0.1, 0.15) is 11.9 Å². The molecule has 2 heteroatoms. The van der Waals surface area contributed by atoms with Gasteiger partial charge in [-0.1, -0.05) is 26.0 Å². The van der Waals surface area contributed by atoms with Crippen molar-refractivity contribution in [1.82, 2.24) is 0 Å². The smallest absolute Gasteiger partial charge is 0.124 e. The van der Waals surface area contributed by atoms with Crippen LogP contribution in [0.25, 0.3) is 0 Å². The van der Waals surface area contributed by atoms with E-state index in [2.05, 4.69) is 32.0 Å². The molecule has 0 amide bonds. The summed E-state index contributed by atoms with van der Waals surface area (Å²) in [4.78, 5) is 0. The Morgan fingerprint density at radius 1 is 1.40 bits per heavy atom. The van der Waals surface area contributed by atoms with Gasteiger partial charge in [-0.05, 0) is 23.6 Å². The van der Waals surface area contributed by atoms with Gasteiger partial charge >= 0.3 is 0 Å². The zero-order valence-corrected chi connectivity index (χ0v) is 9.40. The third-order valence-electron chi connectivity index (χ3n) is 2.72. The molecule has 0 bridgehead atoms. The Hall–Kier alpha value is -1.02. The van der Waals surface area contributed by atoms with Crippen molar-refractivity contribution in [3.05, 3.63) is 29.8 Å². The molecule has 0 saturated carbocycles. The molecule has 1 aliphatic rings. The van der Waals surface area contributed by atoms with E-state index < -0.39 is 0 Å². The van der Waals surface area contributed by atoms with Crippen LogP contribution >= 0.6 is 0 Å². The van der Waals surface area contributed by atoms with Crippen LogP contribution < -0.4 is 4.74 Å². The lowest BCUT2D eigenvalue weighted by atomic mass is 10.0. The first-order valence-corrected chi connectivity index (χ1v) is 5.60. The number of hydrogen-bond acceptors (Lipinski definition) is 2. The first-order chi connectivity index (χ1) is 7.25. The second-order valence-corrected chi connectivity index (χ2v) is 4.33. The summed E-state index contributed by atoms with van der Waals surface area (Å²) in [7, 11) is 0. The molecule has 1 aromatic carbocycles. The minimum Gasteiger partial charge on any atom is -0.488 e. The molecule has 2 rings (SSSR count). The molecule has 2 nitrogen and oxygen atoms in total. The summed E-state index contributed by atoms with van der Waals surface area (Å²) in [5.74, 6) is 1.52. The maximum Gasteiger partial charge on any atom is 0.124 e. The second-order valence-electron chi connectivity index (χ2n) is 4.33. The minimum atomic E-state index is 0.243. The van der Waals surface area contributed by atoms with Crippen LogP contribution in [0.3, 0.4) is 0 Å². The van der Waals surface area contributed by atoms with E-state index in [0.29, 0.717) is 5.92 Å². The Kier molecular flexibility index (Phi) is 3.27. The Morgan fingerprint density at radius 2 is 2.27 bits per heavy atom. The number of rotatable bonds is 3. The van der Waals surface area contributed by atoms with E-state index in [1.54, 1.807) is 0 Å². The SMILES string of the molecule is CC(C)c1cccc(OC2CCOC2)c1. The standard InChI is InChI=1S/C13H18O2/c1-10(2)11-4-3-5-12(8-11)15-13-6-7-14-9-13/h3-5,8,10,13H,6-7,9H2,1-2H3. The molecule has 1 saturated heterocycles. The molecule has 1 unspecified atom stereocenters. The summed E-state index contributed by atoms with van der Waals surface area (Å²) in [5, 5.41) is 0. The molecular weight excluding hydrogens is 188 g/mol. The van der Waals surface area contributed by atoms with E-state index in [4.69, 9.17) is 9.47 Å². The van der Waals surface area contributed by atoms with Gasteiger partial charge in [-0.2, -0.15) is 0 Å². The third-order valence-corrected chi connectivity index (χ3v) is 2.72. The summed E-state index contributed by atoms with van der Waals surface area (Å²) in [6, 6.07) is 8.34. The van der Waals surface area contributed by atoms with E-state index in [0.717, 1.165) is 25.4 Å². The van der Waals surface area contributed by atoms with Gasteiger partial charge in [-0.15, -0.1) is 0 Å². The fraction of sp³-hybridized carbons (Fsp3) is 0.538. The summed E-state index contributed by atoms with van der Waals surface area (Å²) in [6.07, 6.45) is 1.25. The van der Waals surface area contributed by atoms with E-state index in [1.165, 1.54) is 5.56 Å². The van der Waals surface area contributed by atoms with Crippen molar-refractivity contribution in [2.75, 3.05) is 13.2 Å². The largest absolute Gasteiger partial charge is 0.488 e. The average molecular weight is 206 g/mol. The fourth-order valence-corrected chi connectivity index (χ4v) is 1.75. The molecule has 0 aromatic heterocycles. The van der Waals surface area contributed by atoms with Gasteiger partial charge in [0, 0.05) is 6.42 Å². The fourth-order valence-electron chi connectivity index (χ4n) is 1.75. The topological polar surface area (TPSA) is 18.5 Å². The third kappa shape index (κ3) is 2.72. The van der Waals surface area contributed by atoms with Crippen molar-refractivity contribution < 1.29 is 9.47 Å². The quantitative estimate of drug-likeness (QED) is 0.757. The van der Waals surface area contributed by atoms with Gasteiger partial charge in [0.15, 0.2) is 0 Å². The molecule has 1 heterocycles. The van der Waals surface area contributed by atoms with Crippen molar-refractivity contribution in [1.29, 1.82) is 0 Å². The van der Waals surface area contributed by atoms with Gasteiger partial charge in [0.25, 0.3) is 0 Å². The predicted molar refractivity (Wildman–Crippen MR) is 60.4 cm³/mol. The van der Waals surface area contributed by atoms with Crippen LogP contribution in [0.1, 0.15) is 31.7 Å². The maximum atomic E-state index is 5.84. The molecule has 82 valence electrons. The van der Waals surface area contributed by atoms with Gasteiger partial charge in [0.05, 0.1) is 13.2 Å². The lowest BCUT2D eigenvalue weighted by Crippen LogP contribution is -2.15. The summed E-state index contributed by atoms with van der Waals surface area (Å²) in [5.41, 5.74) is 1.33. The molecule has 0 aliphatic carbocycles. The summed E-state index contributed by atoms with van der Waals surface area (Å²) < 4.78 is 11.1. The van der Waals surface area contributed by atoms with Gasteiger partial charge in [-0.25, -0.2) is 0 Å². The molecule has 0 spiro atoms. The van der Waals surface area contributed by atoms with E-state index >= 15 is 0 Å². The highest BCUT2D eigenvalue weighted by Gasteiger charge is 2.17. The molecule has 15 heavy (non-hydrogen) atoms. The van der Waals surface area contributed by atoms with E-state index in [9.17, 15) is 0 Å². The number of benzene rings is 1. The van der Waals surface area contributed by atoms with Crippen LogP contribution in [0.15, 0.2) is 24.3 Å².